The third kappa shape index (κ3) is 5.03. The zero-order valence-electron chi connectivity index (χ0n) is 12.6. The van der Waals surface area contributed by atoms with Crippen LogP contribution in [0.1, 0.15) is 25.7 Å². The summed E-state index contributed by atoms with van der Waals surface area (Å²) in [6.07, 6.45) is 5.41. The number of halogens is 1. The molecule has 1 heterocycles. The van der Waals surface area contributed by atoms with E-state index in [1.165, 1.54) is 18.5 Å². The average molecular weight is 321 g/mol. The number of aliphatic hydroxyl groups is 1. The molecule has 1 aliphatic carbocycles. The molecule has 1 saturated carbocycles. The number of rotatable bonds is 5. The Hall–Kier alpha value is -2.48. The maximum atomic E-state index is 13.0. The number of hydrogen-bond acceptors (Lipinski definition) is 5. The van der Waals surface area contributed by atoms with Gasteiger partial charge in [0.15, 0.2) is 0 Å². The van der Waals surface area contributed by atoms with E-state index in [1.54, 1.807) is 0 Å². The minimum atomic E-state index is -0.732. The van der Waals surface area contributed by atoms with Crippen molar-refractivity contribution < 1.29 is 14.3 Å². The normalized spacial score (nSPS) is 22.7. The van der Waals surface area contributed by atoms with Crippen LogP contribution in [0.2, 0.25) is 0 Å². The number of nitrogens with one attached hydrogen (secondary N) is 1. The summed E-state index contributed by atoms with van der Waals surface area (Å²) >= 11 is 0. The number of aliphatic imine (C=N–C) groups is 1. The van der Waals surface area contributed by atoms with Crippen LogP contribution < -0.4 is 16.8 Å². The predicted octanol–water partition coefficient (Wildman–Crippen LogP) is 0.472. The highest BCUT2D eigenvalue weighted by atomic mass is 19.1. The summed E-state index contributed by atoms with van der Waals surface area (Å²) in [5, 5.41) is 12.6. The zero-order valence-corrected chi connectivity index (χ0v) is 12.6. The molecule has 2 rings (SSSR count). The minimum Gasteiger partial charge on any atom is -0.393 e. The molecule has 6 N–H and O–H groups in total. The van der Waals surface area contributed by atoms with Crippen molar-refractivity contribution in [1.29, 1.82) is 0 Å². The molecule has 124 valence electrons. The number of amidine groups is 1. The van der Waals surface area contributed by atoms with Crippen LogP contribution in [0.15, 0.2) is 35.1 Å². The molecule has 7 nitrogen and oxygen atoms in total. The first kappa shape index (κ1) is 16.9. The number of carbonyl (C=O) groups is 1. The van der Waals surface area contributed by atoms with E-state index in [0.717, 1.165) is 18.9 Å². The maximum absolute atomic E-state index is 13.0. The van der Waals surface area contributed by atoms with Gasteiger partial charge in [-0.1, -0.05) is 0 Å². The van der Waals surface area contributed by atoms with Crippen LogP contribution in [0.4, 0.5) is 10.1 Å². The molecule has 0 radical (unpaired) electrons. The van der Waals surface area contributed by atoms with E-state index in [1.807, 2.05) is 0 Å². The summed E-state index contributed by atoms with van der Waals surface area (Å²) in [6.45, 7) is 0. The van der Waals surface area contributed by atoms with Crippen LogP contribution in [0, 0.1) is 5.95 Å². The number of nitrogens with zero attached hydrogens (tertiary/aromatic N) is 2. The highest BCUT2D eigenvalue weighted by molar-refractivity contribution is 6.20. The van der Waals surface area contributed by atoms with E-state index >= 15 is 0 Å². The molecule has 23 heavy (non-hydrogen) atoms. The molecule has 1 aromatic heterocycles. The lowest BCUT2D eigenvalue weighted by atomic mass is 9.93. The Morgan fingerprint density at radius 2 is 2.09 bits per heavy atom. The molecule has 0 atom stereocenters. The first-order valence-electron chi connectivity index (χ1n) is 7.36. The first-order valence-corrected chi connectivity index (χ1v) is 7.36. The summed E-state index contributed by atoms with van der Waals surface area (Å²) in [4.78, 5) is 18.9. The Bertz CT molecular complexity index is 624. The van der Waals surface area contributed by atoms with E-state index in [2.05, 4.69) is 15.3 Å². The minimum absolute atomic E-state index is 0.0216. The second-order valence-corrected chi connectivity index (χ2v) is 5.43. The Morgan fingerprint density at radius 1 is 1.39 bits per heavy atom. The lowest BCUT2D eigenvalue weighted by molar-refractivity contribution is -0.114. The number of aliphatic hydroxyl groups excluding tert-OH is 1. The standard InChI is InChI=1S/C15H20FN5O2/c16-13-7-10(5-6-19-13)21-14(17)12(15(18)23)8-20-9-1-3-11(22)4-2-9/h5-9,11,20,22H,1-4H2,(H2,18,23)(H2,17,19,21)/b12-8+. The van der Waals surface area contributed by atoms with E-state index < -0.39 is 11.9 Å². The largest absolute Gasteiger partial charge is 0.393 e. The van der Waals surface area contributed by atoms with Gasteiger partial charge in [-0.15, -0.1) is 0 Å². The van der Waals surface area contributed by atoms with E-state index in [-0.39, 0.29) is 29.2 Å². The van der Waals surface area contributed by atoms with Gasteiger partial charge in [-0.25, -0.2) is 9.98 Å². The summed E-state index contributed by atoms with van der Waals surface area (Å²) in [7, 11) is 0. The SMILES string of the molecule is NC(=O)/C(=C/NC1CCC(O)CC1)C(N)=Nc1ccnc(F)c1. The van der Waals surface area contributed by atoms with Gasteiger partial charge in [-0.05, 0) is 31.7 Å². The number of amides is 1. The van der Waals surface area contributed by atoms with Gasteiger partial charge >= 0.3 is 0 Å². The summed E-state index contributed by atoms with van der Waals surface area (Å²) in [5.74, 6) is -1.53. The molecular weight excluding hydrogens is 301 g/mol. The van der Waals surface area contributed by atoms with Crippen LogP contribution >= 0.6 is 0 Å². The van der Waals surface area contributed by atoms with Crippen LogP contribution in [-0.2, 0) is 4.79 Å². The lowest BCUT2D eigenvalue weighted by Gasteiger charge is -2.25. The van der Waals surface area contributed by atoms with Gasteiger partial charge in [0, 0.05) is 24.5 Å². The molecule has 0 aromatic carbocycles. The molecule has 1 aliphatic rings. The van der Waals surface area contributed by atoms with Crippen molar-refractivity contribution in [3.63, 3.8) is 0 Å². The smallest absolute Gasteiger partial charge is 0.253 e. The van der Waals surface area contributed by atoms with Gasteiger partial charge in [-0.3, -0.25) is 4.79 Å². The molecule has 1 aromatic rings. The highest BCUT2D eigenvalue weighted by Crippen LogP contribution is 2.18. The number of hydrogen-bond donors (Lipinski definition) is 4. The number of aromatic nitrogens is 1. The van der Waals surface area contributed by atoms with E-state index in [9.17, 15) is 14.3 Å². The number of carbonyl (C=O) groups excluding carboxylic acids is 1. The number of nitrogens with two attached hydrogens (primary N) is 2. The van der Waals surface area contributed by atoms with Gasteiger partial charge in [-0.2, -0.15) is 4.39 Å². The van der Waals surface area contributed by atoms with Crippen molar-refractivity contribution in [2.45, 2.75) is 37.8 Å². The van der Waals surface area contributed by atoms with Crippen LogP contribution in [0.5, 0.6) is 0 Å². The predicted molar refractivity (Wildman–Crippen MR) is 84.2 cm³/mol. The highest BCUT2D eigenvalue weighted by Gasteiger charge is 2.19. The fourth-order valence-electron chi connectivity index (χ4n) is 2.38. The van der Waals surface area contributed by atoms with Crippen molar-refractivity contribution in [3.05, 3.63) is 36.1 Å². The van der Waals surface area contributed by atoms with Crippen molar-refractivity contribution in [1.82, 2.24) is 10.3 Å². The van der Waals surface area contributed by atoms with Crippen molar-refractivity contribution in [2.75, 3.05) is 0 Å². The topological polar surface area (TPSA) is 127 Å². The van der Waals surface area contributed by atoms with E-state index in [0.29, 0.717) is 12.8 Å². The van der Waals surface area contributed by atoms with Gasteiger partial charge in [0.25, 0.3) is 5.91 Å². The second kappa shape index (κ2) is 7.68. The Labute approximate surface area is 133 Å². The quantitative estimate of drug-likeness (QED) is 0.271. The fraction of sp³-hybridized carbons (Fsp3) is 0.400. The lowest BCUT2D eigenvalue weighted by Crippen LogP contribution is -2.34. The van der Waals surface area contributed by atoms with Crippen molar-refractivity contribution in [3.8, 4) is 0 Å². The number of pyridine rings is 1. The molecule has 1 amide bonds. The monoisotopic (exact) mass is 321 g/mol. The third-order valence-corrected chi connectivity index (χ3v) is 3.66. The van der Waals surface area contributed by atoms with Gasteiger partial charge in [0.2, 0.25) is 5.95 Å². The van der Waals surface area contributed by atoms with Gasteiger partial charge in [0.1, 0.15) is 5.84 Å². The summed E-state index contributed by atoms with van der Waals surface area (Å²) < 4.78 is 13.0. The molecule has 0 saturated heterocycles. The maximum Gasteiger partial charge on any atom is 0.253 e. The van der Waals surface area contributed by atoms with Gasteiger partial charge in [0.05, 0.1) is 17.4 Å². The van der Waals surface area contributed by atoms with Crippen molar-refractivity contribution in [2.24, 2.45) is 16.5 Å². The summed E-state index contributed by atoms with van der Waals surface area (Å²) in [5.41, 5.74) is 11.4. The average Bonchev–Trinajstić information content (AvgIpc) is 2.49. The molecule has 0 unspecified atom stereocenters. The van der Waals surface area contributed by atoms with Crippen molar-refractivity contribution >= 4 is 17.4 Å². The molecule has 0 aliphatic heterocycles. The van der Waals surface area contributed by atoms with Crippen LogP contribution in [-0.4, -0.2) is 34.0 Å². The molecular formula is C15H20FN5O2. The molecule has 0 bridgehead atoms. The fourth-order valence-corrected chi connectivity index (χ4v) is 2.38. The van der Waals surface area contributed by atoms with E-state index in [4.69, 9.17) is 11.5 Å². The molecule has 0 spiro atoms. The van der Waals surface area contributed by atoms with Crippen LogP contribution in [0.3, 0.4) is 0 Å². The number of primary amides is 1. The Morgan fingerprint density at radius 3 is 2.70 bits per heavy atom. The molecule has 1 fully saturated rings. The zero-order chi connectivity index (χ0) is 16.8. The Kier molecular flexibility index (Phi) is 5.64. The van der Waals surface area contributed by atoms with Crippen LogP contribution in [0.25, 0.3) is 0 Å². The second-order valence-electron chi connectivity index (χ2n) is 5.43. The first-order chi connectivity index (χ1) is 11.0. The Balaban J connectivity index is 2.10. The third-order valence-electron chi connectivity index (χ3n) is 3.66. The molecule has 8 heteroatoms. The summed E-state index contributed by atoms with van der Waals surface area (Å²) in [6, 6.07) is 2.70. The van der Waals surface area contributed by atoms with Gasteiger partial charge < -0.3 is 21.9 Å².